The van der Waals surface area contributed by atoms with Crippen LogP contribution in [0.25, 0.3) is 0 Å². The topological polar surface area (TPSA) is 23.6 Å². The number of hydrogen-bond acceptors (Lipinski definition) is 3. The molecule has 1 aliphatic heterocycles. The summed E-state index contributed by atoms with van der Waals surface area (Å²) in [5, 5.41) is 0. The lowest BCUT2D eigenvalue weighted by Crippen LogP contribution is -2.44. The van der Waals surface area contributed by atoms with E-state index >= 15 is 0 Å². The maximum atomic E-state index is 10.8. The number of rotatable bonds is 0. The number of carbonyl (C=O) groups is 1. The molecule has 0 aromatic heterocycles. The van der Waals surface area contributed by atoms with E-state index in [0.29, 0.717) is 6.54 Å². The van der Waals surface area contributed by atoms with Crippen LogP contribution in [0.1, 0.15) is 0 Å². The summed E-state index contributed by atoms with van der Waals surface area (Å²) in [5.41, 5.74) is 0. The molecule has 1 heterocycles. The van der Waals surface area contributed by atoms with Crippen molar-refractivity contribution in [2.45, 2.75) is 0 Å². The largest absolute Gasteiger partial charge is 0.296 e. The molecule has 0 spiro atoms. The van der Waals surface area contributed by atoms with Crippen LogP contribution in [0.15, 0.2) is 0 Å². The Kier molecular flexibility index (Phi) is 1.97. The minimum atomic E-state index is 0.0899. The van der Waals surface area contributed by atoms with Gasteiger partial charge in [-0.1, -0.05) is 12.8 Å². The molecule has 1 rings (SSSR count). The fraction of sp³-hybridized carbons (Fsp3) is 0.800. The lowest BCUT2D eigenvalue weighted by molar-refractivity contribution is -0.129. The van der Waals surface area contributed by atoms with Gasteiger partial charge in [0.1, 0.15) is 0 Å². The molecule has 1 aliphatic rings. The third kappa shape index (κ3) is 1.59. The third-order valence-corrected chi connectivity index (χ3v) is 1.81. The van der Waals surface area contributed by atoms with E-state index in [4.69, 9.17) is 0 Å². The van der Waals surface area contributed by atoms with Crippen LogP contribution < -0.4 is 0 Å². The van der Waals surface area contributed by atoms with Crippen LogP contribution in [0.2, 0.25) is 0 Å². The summed E-state index contributed by atoms with van der Waals surface area (Å²) in [7, 11) is 1.93. The maximum Gasteiger partial charge on any atom is 0.246 e. The van der Waals surface area contributed by atoms with Crippen molar-refractivity contribution in [2.75, 3.05) is 26.7 Å². The molecule has 0 atom stereocenters. The van der Waals surface area contributed by atoms with Gasteiger partial charge in [-0.05, 0) is 7.05 Å². The molecule has 0 bridgehead atoms. The fourth-order valence-electron chi connectivity index (χ4n) is 0.782. The van der Waals surface area contributed by atoms with E-state index in [1.807, 2.05) is 11.9 Å². The minimum absolute atomic E-state index is 0.0899. The van der Waals surface area contributed by atoms with Crippen molar-refractivity contribution in [3.05, 3.63) is 0 Å². The summed E-state index contributed by atoms with van der Waals surface area (Å²) in [5.74, 6) is 0.0899. The maximum absolute atomic E-state index is 10.8. The lowest BCUT2D eigenvalue weighted by Gasteiger charge is -2.27. The monoisotopic (exact) mass is 146 g/mol. The third-order valence-electron chi connectivity index (χ3n) is 1.39. The fourth-order valence-corrected chi connectivity index (χ4v) is 0.934. The smallest absolute Gasteiger partial charge is 0.246 e. The quantitative estimate of drug-likeness (QED) is 0.470. The molecule has 0 unspecified atom stereocenters. The van der Waals surface area contributed by atoms with Crippen LogP contribution in [0.5, 0.6) is 0 Å². The second-order valence-corrected chi connectivity index (χ2v) is 2.74. The molecule has 0 aliphatic carbocycles. The number of thiol groups is 1. The van der Waals surface area contributed by atoms with Crippen molar-refractivity contribution in [3.8, 4) is 0 Å². The Bertz CT molecular complexity index is 128. The molecule has 0 saturated carbocycles. The lowest BCUT2D eigenvalue weighted by atomic mass is 10.4. The van der Waals surface area contributed by atoms with Gasteiger partial charge in [0.05, 0.1) is 6.54 Å². The Balaban J connectivity index is 2.44. The van der Waals surface area contributed by atoms with Gasteiger partial charge in [0.25, 0.3) is 0 Å². The highest BCUT2D eigenvalue weighted by molar-refractivity contribution is 7.78. The summed E-state index contributed by atoms with van der Waals surface area (Å²) in [4.78, 5) is 12.8. The van der Waals surface area contributed by atoms with E-state index in [0.717, 1.165) is 13.1 Å². The van der Waals surface area contributed by atoms with Crippen molar-refractivity contribution >= 4 is 18.7 Å². The van der Waals surface area contributed by atoms with Crippen LogP contribution in [-0.4, -0.2) is 41.8 Å². The number of hydrogen-bond donors (Lipinski definition) is 1. The van der Waals surface area contributed by atoms with E-state index < -0.39 is 0 Å². The molecule has 0 radical (unpaired) electrons. The average molecular weight is 146 g/mol. The molecular formula is C5H10N2OS. The van der Waals surface area contributed by atoms with Crippen molar-refractivity contribution in [1.82, 2.24) is 9.21 Å². The molecule has 52 valence electrons. The van der Waals surface area contributed by atoms with Gasteiger partial charge in [0, 0.05) is 13.1 Å². The first-order valence-electron chi connectivity index (χ1n) is 2.88. The van der Waals surface area contributed by atoms with Gasteiger partial charge >= 0.3 is 0 Å². The first-order chi connectivity index (χ1) is 4.20. The molecular weight excluding hydrogens is 136 g/mol. The summed E-state index contributed by atoms with van der Waals surface area (Å²) in [6, 6.07) is 0. The minimum Gasteiger partial charge on any atom is -0.296 e. The number of likely N-dealkylation sites (N-methyl/N-ethyl adjacent to an activating group) is 1. The predicted octanol–water partition coefficient (Wildman–Crippen LogP) is -0.395. The summed E-state index contributed by atoms with van der Waals surface area (Å²) < 4.78 is 1.46. The Labute approximate surface area is 60.2 Å². The Hall–Kier alpha value is -0.220. The molecule has 1 amide bonds. The number of nitrogens with zero attached hydrogens (tertiary/aromatic N) is 2. The van der Waals surface area contributed by atoms with Crippen LogP contribution in [-0.2, 0) is 4.79 Å². The average Bonchev–Trinajstić information content (AvgIpc) is 1.80. The van der Waals surface area contributed by atoms with Gasteiger partial charge in [-0.2, -0.15) is 0 Å². The molecule has 9 heavy (non-hydrogen) atoms. The molecule has 0 aromatic carbocycles. The highest BCUT2D eigenvalue weighted by Crippen LogP contribution is 2.01. The zero-order chi connectivity index (χ0) is 6.85. The van der Waals surface area contributed by atoms with Gasteiger partial charge in [-0.15, -0.1) is 0 Å². The van der Waals surface area contributed by atoms with E-state index in [1.165, 1.54) is 4.31 Å². The molecule has 4 heteroatoms. The highest BCUT2D eigenvalue weighted by atomic mass is 32.1. The second-order valence-electron chi connectivity index (χ2n) is 2.25. The van der Waals surface area contributed by atoms with Gasteiger partial charge in [-0.3, -0.25) is 14.0 Å². The van der Waals surface area contributed by atoms with Gasteiger partial charge < -0.3 is 0 Å². The number of carbonyl (C=O) groups excluding carboxylic acids is 1. The number of amides is 1. The second kappa shape index (κ2) is 2.58. The first kappa shape index (κ1) is 6.89. The van der Waals surface area contributed by atoms with Gasteiger partial charge in [-0.25, -0.2) is 0 Å². The Morgan fingerprint density at radius 1 is 1.56 bits per heavy atom. The molecule has 0 N–H and O–H groups in total. The Morgan fingerprint density at radius 2 is 2.22 bits per heavy atom. The van der Waals surface area contributed by atoms with E-state index in [-0.39, 0.29) is 5.91 Å². The summed E-state index contributed by atoms with van der Waals surface area (Å²) in [6.07, 6.45) is 0. The van der Waals surface area contributed by atoms with Crippen LogP contribution >= 0.6 is 12.8 Å². The summed E-state index contributed by atoms with van der Waals surface area (Å²) in [6.45, 7) is 2.16. The van der Waals surface area contributed by atoms with Crippen LogP contribution in [0.4, 0.5) is 0 Å². The molecule has 1 saturated heterocycles. The zero-order valence-corrected chi connectivity index (χ0v) is 6.27. The predicted molar refractivity (Wildman–Crippen MR) is 38.2 cm³/mol. The van der Waals surface area contributed by atoms with E-state index in [1.54, 1.807) is 0 Å². The van der Waals surface area contributed by atoms with Crippen molar-refractivity contribution < 1.29 is 4.79 Å². The van der Waals surface area contributed by atoms with Crippen LogP contribution in [0.3, 0.4) is 0 Å². The standard InChI is InChI=1S/C5H10N2OS/c1-6-2-3-7(9)5(8)4-6/h9H,2-4H2,1H3. The van der Waals surface area contributed by atoms with Crippen molar-refractivity contribution in [1.29, 1.82) is 0 Å². The van der Waals surface area contributed by atoms with Gasteiger partial charge in [0.15, 0.2) is 0 Å². The van der Waals surface area contributed by atoms with Crippen molar-refractivity contribution in [2.24, 2.45) is 0 Å². The zero-order valence-electron chi connectivity index (χ0n) is 5.37. The first-order valence-corrected chi connectivity index (χ1v) is 3.28. The molecule has 1 fully saturated rings. The van der Waals surface area contributed by atoms with Crippen molar-refractivity contribution in [3.63, 3.8) is 0 Å². The van der Waals surface area contributed by atoms with E-state index in [2.05, 4.69) is 12.8 Å². The SMILES string of the molecule is CN1CCN(S)C(=O)C1. The highest BCUT2D eigenvalue weighted by Gasteiger charge is 2.17. The normalized spacial score (nSPS) is 22.9. The summed E-state index contributed by atoms with van der Waals surface area (Å²) >= 11 is 3.95. The van der Waals surface area contributed by atoms with Crippen LogP contribution in [0, 0.1) is 0 Å². The molecule has 3 nitrogen and oxygen atoms in total. The number of piperazine rings is 1. The van der Waals surface area contributed by atoms with Gasteiger partial charge in [0.2, 0.25) is 5.91 Å². The van der Waals surface area contributed by atoms with E-state index in [9.17, 15) is 4.79 Å². The Morgan fingerprint density at radius 3 is 2.67 bits per heavy atom. The molecule has 0 aromatic rings.